The normalized spacial score (nSPS) is 11.9. The monoisotopic (exact) mass is 336 g/mol. The lowest BCUT2D eigenvalue weighted by molar-refractivity contribution is -0.00438. The highest BCUT2D eigenvalue weighted by atomic mass is 16.6. The molecular formula is C18H40O5. The number of aliphatic hydroxyl groups is 1. The van der Waals surface area contributed by atoms with Crippen LogP contribution in [0.1, 0.15) is 53.4 Å². The maximum absolute atomic E-state index is 8.41. The summed E-state index contributed by atoms with van der Waals surface area (Å²) in [6.45, 7) is 13.4. The molecule has 142 valence electrons. The summed E-state index contributed by atoms with van der Waals surface area (Å²) in [6.07, 6.45) is 5.53. The Morgan fingerprint density at radius 1 is 0.739 bits per heavy atom. The van der Waals surface area contributed by atoms with Crippen molar-refractivity contribution in [2.45, 2.75) is 53.4 Å². The first kappa shape index (κ1) is 25.0. The lowest BCUT2D eigenvalue weighted by atomic mass is 10.0. The summed E-state index contributed by atoms with van der Waals surface area (Å²) in [7, 11) is 0. The van der Waals surface area contributed by atoms with Crippen molar-refractivity contribution in [1.29, 1.82) is 0 Å². The molecule has 0 spiro atoms. The average Bonchev–Trinajstić information content (AvgIpc) is 2.58. The van der Waals surface area contributed by atoms with E-state index in [-0.39, 0.29) is 6.61 Å². The van der Waals surface area contributed by atoms with Gasteiger partial charge in [-0.05, 0) is 12.8 Å². The Bertz CT molecular complexity index is 178. The second-order valence-electron chi connectivity index (χ2n) is 5.41. The number of hydrogen-bond acceptors (Lipinski definition) is 5. The van der Waals surface area contributed by atoms with Crippen LogP contribution in [0.3, 0.4) is 0 Å². The van der Waals surface area contributed by atoms with Gasteiger partial charge >= 0.3 is 0 Å². The highest BCUT2D eigenvalue weighted by Crippen LogP contribution is 2.09. The Labute approximate surface area is 143 Å². The second-order valence-corrected chi connectivity index (χ2v) is 5.41. The molecule has 0 heterocycles. The molecule has 0 bridgehead atoms. The molecule has 1 unspecified atom stereocenters. The third-order valence-electron chi connectivity index (χ3n) is 3.30. The molecule has 1 N–H and O–H groups in total. The fraction of sp³-hybridized carbons (Fsp3) is 1.00. The predicted octanol–water partition coefficient (Wildman–Crippen LogP) is 3.29. The Balaban J connectivity index is 0. The van der Waals surface area contributed by atoms with Gasteiger partial charge in [0.05, 0.1) is 52.9 Å². The average molecular weight is 337 g/mol. The van der Waals surface area contributed by atoms with Gasteiger partial charge < -0.3 is 24.1 Å². The highest BCUT2D eigenvalue weighted by Gasteiger charge is 1.94. The highest BCUT2D eigenvalue weighted by molar-refractivity contribution is 4.47. The summed E-state index contributed by atoms with van der Waals surface area (Å²) in [4.78, 5) is 0. The zero-order valence-electron chi connectivity index (χ0n) is 15.8. The molecule has 0 aliphatic heterocycles. The van der Waals surface area contributed by atoms with E-state index in [1.54, 1.807) is 0 Å². The zero-order chi connectivity index (χ0) is 17.6. The van der Waals surface area contributed by atoms with Gasteiger partial charge in [0.15, 0.2) is 0 Å². The van der Waals surface area contributed by atoms with E-state index in [0.29, 0.717) is 46.2 Å². The quantitative estimate of drug-likeness (QED) is 0.438. The summed E-state index contributed by atoms with van der Waals surface area (Å²) >= 11 is 0. The molecule has 0 radical (unpaired) electrons. The van der Waals surface area contributed by atoms with Crippen LogP contribution in [0.25, 0.3) is 0 Å². The maximum atomic E-state index is 8.41. The molecule has 23 heavy (non-hydrogen) atoms. The van der Waals surface area contributed by atoms with Crippen LogP contribution in [-0.4, -0.2) is 64.6 Å². The van der Waals surface area contributed by atoms with Crippen LogP contribution in [0.5, 0.6) is 0 Å². The van der Waals surface area contributed by atoms with Crippen molar-refractivity contribution in [3.8, 4) is 0 Å². The van der Waals surface area contributed by atoms with Crippen molar-refractivity contribution in [2.24, 2.45) is 5.92 Å². The van der Waals surface area contributed by atoms with Crippen LogP contribution in [0.15, 0.2) is 0 Å². The number of rotatable bonds is 16. The van der Waals surface area contributed by atoms with Gasteiger partial charge in [-0.25, -0.2) is 0 Å². The molecule has 0 fully saturated rings. The minimum absolute atomic E-state index is 0.0561. The molecule has 0 aliphatic rings. The Morgan fingerprint density at radius 2 is 1.22 bits per heavy atom. The van der Waals surface area contributed by atoms with Crippen LogP contribution >= 0.6 is 0 Å². The van der Waals surface area contributed by atoms with Crippen LogP contribution in [0, 0.1) is 5.92 Å². The van der Waals surface area contributed by atoms with Gasteiger partial charge in [-0.15, -0.1) is 0 Å². The van der Waals surface area contributed by atoms with Gasteiger partial charge in [0.25, 0.3) is 0 Å². The van der Waals surface area contributed by atoms with Crippen LogP contribution in [0.2, 0.25) is 0 Å². The van der Waals surface area contributed by atoms with E-state index in [1.807, 2.05) is 6.92 Å². The van der Waals surface area contributed by atoms with Gasteiger partial charge in [0.1, 0.15) is 0 Å². The van der Waals surface area contributed by atoms with Gasteiger partial charge in [0, 0.05) is 6.61 Å². The van der Waals surface area contributed by atoms with Crippen LogP contribution in [0.4, 0.5) is 0 Å². The van der Waals surface area contributed by atoms with E-state index < -0.39 is 0 Å². The zero-order valence-corrected chi connectivity index (χ0v) is 15.8. The van der Waals surface area contributed by atoms with Crippen molar-refractivity contribution < 1.29 is 24.1 Å². The van der Waals surface area contributed by atoms with Gasteiger partial charge in [-0.3, -0.25) is 0 Å². The first-order chi connectivity index (χ1) is 11.2. The molecule has 1 atom stereocenters. The Hall–Kier alpha value is -0.200. The van der Waals surface area contributed by atoms with Gasteiger partial charge in [-0.1, -0.05) is 46.5 Å². The molecule has 0 aromatic heterocycles. The van der Waals surface area contributed by atoms with E-state index in [0.717, 1.165) is 12.5 Å². The number of hydrogen-bond donors (Lipinski definition) is 1. The SMILES string of the molecule is CCCCC(C)CC.CCOCCOCCOCCOCCO. The summed E-state index contributed by atoms with van der Waals surface area (Å²) < 4.78 is 20.5. The molecule has 0 saturated heterocycles. The van der Waals surface area contributed by atoms with E-state index in [2.05, 4.69) is 20.8 Å². The number of unbranched alkanes of at least 4 members (excludes halogenated alkanes) is 1. The van der Waals surface area contributed by atoms with Crippen LogP contribution in [-0.2, 0) is 18.9 Å². The van der Waals surface area contributed by atoms with Crippen LogP contribution < -0.4 is 0 Å². The molecule has 0 aromatic carbocycles. The molecule has 0 amide bonds. The fourth-order valence-electron chi connectivity index (χ4n) is 1.63. The number of ether oxygens (including phenoxy) is 4. The molecule has 0 aliphatic carbocycles. The third kappa shape index (κ3) is 27.0. The maximum Gasteiger partial charge on any atom is 0.0701 e. The summed E-state index contributed by atoms with van der Waals surface area (Å²) in [5.74, 6) is 0.954. The summed E-state index contributed by atoms with van der Waals surface area (Å²) in [5.41, 5.74) is 0. The van der Waals surface area contributed by atoms with E-state index in [1.165, 1.54) is 25.7 Å². The first-order valence-electron chi connectivity index (χ1n) is 9.14. The smallest absolute Gasteiger partial charge is 0.0701 e. The van der Waals surface area contributed by atoms with E-state index >= 15 is 0 Å². The molecule has 5 heteroatoms. The third-order valence-corrected chi connectivity index (χ3v) is 3.30. The molecule has 0 saturated carbocycles. The minimum atomic E-state index is 0.0561. The predicted molar refractivity (Wildman–Crippen MR) is 95.0 cm³/mol. The van der Waals surface area contributed by atoms with Crippen molar-refractivity contribution >= 4 is 0 Å². The second kappa shape index (κ2) is 24.1. The van der Waals surface area contributed by atoms with E-state index in [9.17, 15) is 0 Å². The Morgan fingerprint density at radius 3 is 1.61 bits per heavy atom. The van der Waals surface area contributed by atoms with E-state index in [4.69, 9.17) is 24.1 Å². The fourth-order valence-corrected chi connectivity index (χ4v) is 1.63. The standard InChI is InChI=1S/C10H22O5.C8H18/c1-2-12-5-6-14-9-10-15-8-7-13-4-3-11;1-4-6-7-8(3)5-2/h11H,2-10H2,1H3;8H,4-7H2,1-3H3. The van der Waals surface area contributed by atoms with Crippen molar-refractivity contribution in [1.82, 2.24) is 0 Å². The topological polar surface area (TPSA) is 57.2 Å². The minimum Gasteiger partial charge on any atom is -0.394 e. The van der Waals surface area contributed by atoms with Crippen molar-refractivity contribution in [3.63, 3.8) is 0 Å². The molecule has 0 aromatic rings. The largest absolute Gasteiger partial charge is 0.394 e. The van der Waals surface area contributed by atoms with Gasteiger partial charge in [-0.2, -0.15) is 0 Å². The van der Waals surface area contributed by atoms with Gasteiger partial charge in [0.2, 0.25) is 0 Å². The first-order valence-corrected chi connectivity index (χ1v) is 9.14. The number of aliphatic hydroxyl groups excluding tert-OH is 1. The molecule has 5 nitrogen and oxygen atoms in total. The van der Waals surface area contributed by atoms with Crippen molar-refractivity contribution in [2.75, 3.05) is 59.5 Å². The molecule has 0 rings (SSSR count). The lowest BCUT2D eigenvalue weighted by Gasteiger charge is -2.06. The molecular weight excluding hydrogens is 296 g/mol. The lowest BCUT2D eigenvalue weighted by Crippen LogP contribution is -2.12. The summed E-state index contributed by atoms with van der Waals surface area (Å²) in [5, 5.41) is 8.41. The summed E-state index contributed by atoms with van der Waals surface area (Å²) in [6, 6.07) is 0. The van der Waals surface area contributed by atoms with Crippen molar-refractivity contribution in [3.05, 3.63) is 0 Å². The Kier molecular flexibility index (Phi) is 26.2.